The van der Waals surface area contributed by atoms with Crippen LogP contribution in [0, 0.1) is 0 Å². The maximum Gasteiger partial charge on any atom is 0.131 e. The smallest absolute Gasteiger partial charge is 0.131 e. The van der Waals surface area contributed by atoms with Crippen LogP contribution in [0.25, 0.3) is 11.3 Å². The van der Waals surface area contributed by atoms with Gasteiger partial charge in [0.25, 0.3) is 0 Å². The molecule has 0 spiro atoms. The average Bonchev–Trinajstić information content (AvgIpc) is 2.74. The summed E-state index contributed by atoms with van der Waals surface area (Å²) >= 11 is 5.95. The molecular formula is C14H20ClN5O. The van der Waals surface area contributed by atoms with Gasteiger partial charge < -0.3 is 10.4 Å². The third-order valence-corrected chi connectivity index (χ3v) is 2.89. The second-order valence-electron chi connectivity index (χ2n) is 5.97. The zero-order valence-corrected chi connectivity index (χ0v) is 13.4. The molecule has 2 rings (SSSR count). The number of nitrogens with one attached hydrogen (secondary N) is 1. The molecule has 0 unspecified atom stereocenters. The molecule has 0 aliphatic heterocycles. The number of aliphatic hydroxyl groups is 1. The number of nitrogens with zero attached hydrogens (tertiary/aromatic N) is 4. The van der Waals surface area contributed by atoms with E-state index in [1.807, 2.05) is 13.8 Å². The molecule has 0 aliphatic carbocycles. The normalized spacial score (nSPS) is 12.0. The number of hydrogen-bond acceptors (Lipinski definition) is 5. The predicted octanol–water partition coefficient (Wildman–Crippen LogP) is 2.58. The minimum absolute atomic E-state index is 0.258. The van der Waals surface area contributed by atoms with Crippen molar-refractivity contribution < 1.29 is 5.11 Å². The first-order chi connectivity index (χ1) is 9.74. The van der Waals surface area contributed by atoms with Crippen molar-refractivity contribution in [3.63, 3.8) is 0 Å². The lowest BCUT2D eigenvalue weighted by atomic mass is 10.1. The van der Waals surface area contributed by atoms with Crippen LogP contribution in [0.15, 0.2) is 18.5 Å². The average molecular weight is 310 g/mol. The number of halogens is 1. The summed E-state index contributed by atoms with van der Waals surface area (Å²) in [7, 11) is 0. The first-order valence-corrected chi connectivity index (χ1v) is 7.17. The Labute approximate surface area is 129 Å². The van der Waals surface area contributed by atoms with E-state index in [1.165, 1.54) is 0 Å². The number of pyridine rings is 1. The van der Waals surface area contributed by atoms with E-state index in [4.69, 9.17) is 11.6 Å². The lowest BCUT2D eigenvalue weighted by Crippen LogP contribution is -2.26. The molecule has 2 aromatic heterocycles. The van der Waals surface area contributed by atoms with Crippen LogP contribution in [0.1, 0.15) is 27.7 Å². The van der Waals surface area contributed by atoms with Gasteiger partial charge in [-0.25, -0.2) is 9.67 Å². The van der Waals surface area contributed by atoms with E-state index in [9.17, 15) is 5.11 Å². The Kier molecular flexibility index (Phi) is 4.49. The summed E-state index contributed by atoms with van der Waals surface area (Å²) in [5, 5.41) is 21.8. The molecule has 0 bridgehead atoms. The molecular weight excluding hydrogens is 290 g/mol. The van der Waals surface area contributed by atoms with Gasteiger partial charge >= 0.3 is 0 Å². The quantitative estimate of drug-likeness (QED) is 0.830. The van der Waals surface area contributed by atoms with Crippen molar-refractivity contribution in [2.75, 3.05) is 5.32 Å². The number of hydrogen-bond donors (Lipinski definition) is 2. The lowest BCUT2D eigenvalue weighted by molar-refractivity contribution is 0.0571. The summed E-state index contributed by atoms with van der Waals surface area (Å²) in [5.41, 5.74) is 1.53. The van der Waals surface area contributed by atoms with E-state index in [0.29, 0.717) is 17.4 Å². The monoisotopic (exact) mass is 309 g/mol. The minimum Gasteiger partial charge on any atom is -0.389 e. The molecule has 6 nitrogen and oxygen atoms in total. The molecule has 0 aromatic carbocycles. The van der Waals surface area contributed by atoms with Crippen LogP contribution in [0.2, 0.25) is 5.15 Å². The number of aromatic nitrogens is 4. The van der Waals surface area contributed by atoms with E-state index in [2.05, 4.69) is 20.6 Å². The van der Waals surface area contributed by atoms with Crippen LogP contribution < -0.4 is 5.32 Å². The summed E-state index contributed by atoms with van der Waals surface area (Å²) in [4.78, 5) is 4.11. The van der Waals surface area contributed by atoms with E-state index < -0.39 is 5.60 Å². The van der Waals surface area contributed by atoms with Crippen LogP contribution in [0.3, 0.4) is 0 Å². The molecule has 21 heavy (non-hydrogen) atoms. The predicted molar refractivity (Wildman–Crippen MR) is 83.3 cm³/mol. The Hall–Kier alpha value is -1.66. The number of anilines is 1. The second-order valence-corrected chi connectivity index (χ2v) is 6.35. The minimum atomic E-state index is -0.845. The first kappa shape index (κ1) is 15.7. The van der Waals surface area contributed by atoms with Gasteiger partial charge in [0, 0.05) is 23.5 Å². The summed E-state index contributed by atoms with van der Waals surface area (Å²) < 4.78 is 1.61. The summed E-state index contributed by atoms with van der Waals surface area (Å²) in [6, 6.07) is 2.03. The summed E-state index contributed by atoms with van der Waals surface area (Å²) in [6.07, 6.45) is 3.46. The fourth-order valence-corrected chi connectivity index (χ4v) is 2.12. The van der Waals surface area contributed by atoms with Gasteiger partial charge in [-0.2, -0.15) is 0 Å². The van der Waals surface area contributed by atoms with Crippen molar-refractivity contribution >= 4 is 17.3 Å². The molecule has 0 fully saturated rings. The highest BCUT2D eigenvalue weighted by atomic mass is 35.5. The molecule has 0 amide bonds. The van der Waals surface area contributed by atoms with Crippen molar-refractivity contribution in [3.8, 4) is 11.3 Å². The third-order valence-electron chi connectivity index (χ3n) is 2.68. The van der Waals surface area contributed by atoms with Gasteiger partial charge in [-0.15, -0.1) is 5.10 Å². The molecule has 2 heterocycles. The van der Waals surface area contributed by atoms with Crippen molar-refractivity contribution in [1.29, 1.82) is 0 Å². The molecule has 0 aliphatic rings. The summed E-state index contributed by atoms with van der Waals surface area (Å²) in [6.45, 7) is 7.91. The van der Waals surface area contributed by atoms with Gasteiger partial charge in [-0.3, -0.25) is 0 Å². The van der Waals surface area contributed by atoms with Crippen molar-refractivity contribution in [2.45, 2.75) is 45.9 Å². The highest BCUT2D eigenvalue weighted by molar-refractivity contribution is 6.29. The van der Waals surface area contributed by atoms with Crippen LogP contribution in [0.5, 0.6) is 0 Å². The lowest BCUT2D eigenvalue weighted by Gasteiger charge is -2.15. The Morgan fingerprint density at radius 3 is 2.76 bits per heavy atom. The van der Waals surface area contributed by atoms with Crippen LogP contribution in [-0.2, 0) is 6.54 Å². The van der Waals surface area contributed by atoms with Gasteiger partial charge in [0.2, 0.25) is 0 Å². The molecule has 0 saturated carbocycles. The molecule has 7 heteroatoms. The second kappa shape index (κ2) is 5.99. The van der Waals surface area contributed by atoms with Gasteiger partial charge in [-0.05, 0) is 33.8 Å². The Bertz CT molecular complexity index is 618. The van der Waals surface area contributed by atoms with E-state index in [1.54, 1.807) is 37.0 Å². The maximum atomic E-state index is 9.83. The highest BCUT2D eigenvalue weighted by Gasteiger charge is 2.16. The van der Waals surface area contributed by atoms with E-state index >= 15 is 0 Å². The molecule has 2 aromatic rings. The molecule has 0 atom stereocenters. The van der Waals surface area contributed by atoms with Crippen molar-refractivity contribution in [2.24, 2.45) is 0 Å². The van der Waals surface area contributed by atoms with Crippen LogP contribution in [-0.4, -0.2) is 36.7 Å². The highest BCUT2D eigenvalue weighted by Crippen LogP contribution is 2.28. The Morgan fingerprint density at radius 2 is 2.14 bits per heavy atom. The number of rotatable bonds is 5. The van der Waals surface area contributed by atoms with E-state index in [0.717, 1.165) is 11.3 Å². The molecule has 2 N–H and O–H groups in total. The molecule has 0 radical (unpaired) electrons. The largest absolute Gasteiger partial charge is 0.389 e. The Balaban J connectivity index is 2.33. The topological polar surface area (TPSA) is 75.9 Å². The molecule has 114 valence electrons. The van der Waals surface area contributed by atoms with Crippen LogP contribution in [0.4, 0.5) is 5.69 Å². The Morgan fingerprint density at radius 1 is 1.43 bits per heavy atom. The fourth-order valence-electron chi connectivity index (χ4n) is 1.96. The third kappa shape index (κ3) is 4.41. The van der Waals surface area contributed by atoms with Gasteiger partial charge in [0.1, 0.15) is 10.8 Å². The van der Waals surface area contributed by atoms with Crippen LogP contribution >= 0.6 is 11.6 Å². The van der Waals surface area contributed by atoms with Gasteiger partial charge in [0.15, 0.2) is 0 Å². The first-order valence-electron chi connectivity index (χ1n) is 6.79. The SMILES string of the molecule is CC(C)Nc1cc(Cl)ncc1-c1cn(CC(C)(C)O)nn1. The van der Waals surface area contributed by atoms with E-state index in [-0.39, 0.29) is 6.04 Å². The van der Waals surface area contributed by atoms with Gasteiger partial charge in [-0.1, -0.05) is 16.8 Å². The zero-order chi connectivity index (χ0) is 15.6. The summed E-state index contributed by atoms with van der Waals surface area (Å²) in [5.74, 6) is 0. The zero-order valence-electron chi connectivity index (χ0n) is 12.6. The fraction of sp³-hybridized carbons (Fsp3) is 0.500. The van der Waals surface area contributed by atoms with Gasteiger partial charge in [0.05, 0.1) is 18.3 Å². The maximum absolute atomic E-state index is 9.83. The van der Waals surface area contributed by atoms with Crippen molar-refractivity contribution in [1.82, 2.24) is 20.0 Å². The standard InChI is InChI=1S/C14H20ClN5O/c1-9(2)17-11-5-13(15)16-6-10(11)12-7-20(19-18-12)8-14(3,4)21/h5-7,9,21H,8H2,1-4H3,(H,16,17). The van der Waals surface area contributed by atoms with Crippen molar-refractivity contribution in [3.05, 3.63) is 23.6 Å². The molecule has 0 saturated heterocycles.